The number of hydrogen-bond donors (Lipinski definition) is 1. The van der Waals surface area contributed by atoms with Crippen LogP contribution in [0.5, 0.6) is 0 Å². The number of amides is 1. The van der Waals surface area contributed by atoms with Crippen molar-refractivity contribution in [2.75, 3.05) is 17.4 Å². The van der Waals surface area contributed by atoms with Crippen molar-refractivity contribution in [1.29, 1.82) is 0 Å². The summed E-state index contributed by atoms with van der Waals surface area (Å²) in [7, 11) is -4.12. The van der Waals surface area contributed by atoms with E-state index in [0.717, 1.165) is 5.56 Å². The molecule has 1 aliphatic heterocycles. The van der Waals surface area contributed by atoms with Gasteiger partial charge in [-0.3, -0.25) is 9.10 Å². The Morgan fingerprint density at radius 3 is 2.24 bits per heavy atom. The Morgan fingerprint density at radius 1 is 0.970 bits per heavy atom. The number of para-hydroxylation sites is 1. The van der Waals surface area contributed by atoms with E-state index in [-0.39, 0.29) is 17.4 Å². The maximum absolute atomic E-state index is 13.8. The fraction of sp³-hybridized carbons (Fsp3) is 0.148. The molecule has 3 aromatic carbocycles. The molecule has 1 amide bonds. The smallest absolute Gasteiger partial charge is 0.270 e. The van der Waals surface area contributed by atoms with Crippen LogP contribution < -0.4 is 9.62 Å². The van der Waals surface area contributed by atoms with Crippen LogP contribution in [0, 0.1) is 0 Å². The van der Waals surface area contributed by atoms with Crippen LogP contribution in [0.3, 0.4) is 0 Å². The van der Waals surface area contributed by atoms with E-state index in [4.69, 9.17) is 0 Å². The molecule has 1 N–H and O–H groups in total. The van der Waals surface area contributed by atoms with Crippen molar-refractivity contribution < 1.29 is 13.2 Å². The molecule has 1 aliphatic rings. The summed E-state index contributed by atoms with van der Waals surface area (Å²) in [6.07, 6.45) is 1.52. The van der Waals surface area contributed by atoms with Crippen molar-refractivity contribution >= 4 is 27.2 Å². The molecule has 0 saturated carbocycles. The molecule has 0 spiro atoms. The van der Waals surface area contributed by atoms with Crippen molar-refractivity contribution in [3.63, 3.8) is 0 Å². The van der Waals surface area contributed by atoms with Crippen molar-refractivity contribution in [2.45, 2.75) is 12.8 Å². The minimum absolute atomic E-state index is 0.0267. The first-order valence-electron chi connectivity index (χ1n) is 10.8. The van der Waals surface area contributed by atoms with Crippen molar-refractivity contribution in [2.24, 2.45) is 0 Å². The third kappa shape index (κ3) is 4.34. The second kappa shape index (κ2) is 9.46. The van der Waals surface area contributed by atoms with Crippen molar-refractivity contribution in [3.8, 4) is 0 Å². The molecule has 0 bridgehead atoms. The molecule has 3 aromatic rings. The maximum Gasteiger partial charge on any atom is 0.270 e. The molecule has 0 saturated heterocycles. The van der Waals surface area contributed by atoms with Crippen LogP contribution in [0.4, 0.5) is 5.69 Å². The van der Waals surface area contributed by atoms with Gasteiger partial charge >= 0.3 is 0 Å². The van der Waals surface area contributed by atoms with Gasteiger partial charge in [-0.1, -0.05) is 91.9 Å². The molecule has 4 rings (SSSR count). The van der Waals surface area contributed by atoms with Gasteiger partial charge in [-0.2, -0.15) is 0 Å². The van der Waals surface area contributed by atoms with Gasteiger partial charge in [-0.25, -0.2) is 8.42 Å². The molecule has 1 unspecified atom stereocenters. The number of fused-ring (bicyclic) bond motifs is 1. The Kier molecular flexibility index (Phi) is 6.47. The largest absolute Gasteiger partial charge is 0.351 e. The highest BCUT2D eigenvalue weighted by atomic mass is 32.2. The SMILES string of the molecule is C=CCN1c2ccccc2C(c2ccccc2)=C(C(=O)NCC(C)c2ccccc2)S1(=O)=O. The lowest BCUT2D eigenvalue weighted by molar-refractivity contribution is -0.116. The summed E-state index contributed by atoms with van der Waals surface area (Å²) in [6, 6.07) is 26.2. The van der Waals surface area contributed by atoms with Crippen LogP contribution in [0.15, 0.2) is 102 Å². The summed E-state index contributed by atoms with van der Waals surface area (Å²) in [5.41, 5.74) is 3.39. The molecule has 1 heterocycles. The Bertz CT molecular complexity index is 1300. The fourth-order valence-corrected chi connectivity index (χ4v) is 5.79. The van der Waals surface area contributed by atoms with Crippen molar-refractivity contribution in [3.05, 3.63) is 119 Å². The van der Waals surface area contributed by atoms with Gasteiger partial charge in [0, 0.05) is 17.7 Å². The van der Waals surface area contributed by atoms with Gasteiger partial charge in [-0.15, -0.1) is 6.58 Å². The molecular weight excluding hydrogens is 432 g/mol. The molecule has 0 aromatic heterocycles. The molecule has 33 heavy (non-hydrogen) atoms. The first-order valence-corrected chi connectivity index (χ1v) is 12.2. The van der Waals surface area contributed by atoms with E-state index in [2.05, 4.69) is 11.9 Å². The quantitative estimate of drug-likeness (QED) is 0.522. The normalized spacial score (nSPS) is 15.5. The summed E-state index contributed by atoms with van der Waals surface area (Å²) in [6.45, 7) is 6.09. The predicted molar refractivity (Wildman–Crippen MR) is 133 cm³/mol. The van der Waals surface area contributed by atoms with E-state index in [1.54, 1.807) is 12.1 Å². The van der Waals surface area contributed by atoms with Crippen LogP contribution in [0.25, 0.3) is 5.57 Å². The van der Waals surface area contributed by atoms with E-state index in [9.17, 15) is 13.2 Å². The van der Waals surface area contributed by atoms with E-state index < -0.39 is 15.9 Å². The Balaban J connectivity index is 1.82. The highest BCUT2D eigenvalue weighted by Crippen LogP contribution is 2.42. The third-order valence-electron chi connectivity index (χ3n) is 5.72. The molecule has 1 atom stereocenters. The molecule has 168 valence electrons. The van der Waals surface area contributed by atoms with Gasteiger partial charge in [0.25, 0.3) is 15.9 Å². The molecule has 6 heteroatoms. The predicted octanol–water partition coefficient (Wildman–Crippen LogP) is 4.70. The number of nitrogens with zero attached hydrogens (tertiary/aromatic N) is 1. The monoisotopic (exact) mass is 458 g/mol. The number of carbonyl (C=O) groups is 1. The van der Waals surface area contributed by atoms with Crippen LogP contribution >= 0.6 is 0 Å². The average molecular weight is 459 g/mol. The lowest BCUT2D eigenvalue weighted by Gasteiger charge is -2.33. The van der Waals surface area contributed by atoms with Gasteiger partial charge in [-0.05, 0) is 23.1 Å². The van der Waals surface area contributed by atoms with E-state index in [0.29, 0.717) is 28.9 Å². The number of carbonyl (C=O) groups excluding carboxylic acids is 1. The number of benzene rings is 3. The summed E-state index contributed by atoms with van der Waals surface area (Å²) < 4.78 is 28.8. The third-order valence-corrected chi connectivity index (χ3v) is 7.55. The maximum atomic E-state index is 13.8. The van der Waals surface area contributed by atoms with E-state index in [1.165, 1.54) is 10.4 Å². The topological polar surface area (TPSA) is 66.5 Å². The fourth-order valence-electron chi connectivity index (χ4n) is 4.05. The van der Waals surface area contributed by atoms with Gasteiger partial charge in [0.15, 0.2) is 4.91 Å². The lowest BCUT2D eigenvalue weighted by atomic mass is 9.95. The Labute approximate surface area is 195 Å². The first kappa shape index (κ1) is 22.6. The van der Waals surface area contributed by atoms with Gasteiger partial charge in [0.05, 0.1) is 12.2 Å². The molecule has 0 radical (unpaired) electrons. The number of rotatable bonds is 7. The molecule has 0 aliphatic carbocycles. The van der Waals surface area contributed by atoms with Gasteiger partial charge in [0.2, 0.25) is 0 Å². The van der Waals surface area contributed by atoms with Crippen LogP contribution in [0.1, 0.15) is 29.5 Å². The summed E-state index contributed by atoms with van der Waals surface area (Å²) in [5.74, 6) is -0.584. The van der Waals surface area contributed by atoms with E-state index >= 15 is 0 Å². The second-order valence-corrected chi connectivity index (χ2v) is 9.73. The number of anilines is 1. The highest BCUT2D eigenvalue weighted by molar-refractivity contribution is 7.97. The van der Waals surface area contributed by atoms with Crippen molar-refractivity contribution in [1.82, 2.24) is 5.32 Å². The zero-order chi connectivity index (χ0) is 23.4. The zero-order valence-electron chi connectivity index (χ0n) is 18.4. The van der Waals surface area contributed by atoms with Gasteiger partial charge in [0.1, 0.15) is 0 Å². The Morgan fingerprint density at radius 2 is 1.58 bits per heavy atom. The van der Waals surface area contributed by atoms with Crippen LogP contribution in [-0.2, 0) is 14.8 Å². The second-order valence-electron chi connectivity index (χ2n) is 7.93. The minimum Gasteiger partial charge on any atom is -0.351 e. The molecular formula is C27H26N2O3S. The standard InChI is InChI=1S/C27H26N2O3S/c1-3-18-29-24-17-11-10-16-23(24)25(22-14-8-5-9-15-22)26(33(29,31)32)27(30)28-19-20(2)21-12-6-4-7-13-21/h3-17,20H,1,18-19H2,2H3,(H,28,30). The average Bonchev–Trinajstić information content (AvgIpc) is 2.84. The highest BCUT2D eigenvalue weighted by Gasteiger charge is 2.40. The molecule has 5 nitrogen and oxygen atoms in total. The minimum atomic E-state index is -4.12. The number of hydrogen-bond acceptors (Lipinski definition) is 3. The van der Waals surface area contributed by atoms with Gasteiger partial charge < -0.3 is 5.32 Å². The Hall–Kier alpha value is -3.64. The summed E-state index contributed by atoms with van der Waals surface area (Å²) >= 11 is 0. The zero-order valence-corrected chi connectivity index (χ0v) is 19.3. The summed E-state index contributed by atoms with van der Waals surface area (Å²) in [5, 5.41) is 2.87. The number of sulfonamides is 1. The first-order chi connectivity index (χ1) is 15.9. The van der Waals surface area contributed by atoms with E-state index in [1.807, 2.05) is 79.7 Å². The molecule has 0 fully saturated rings. The lowest BCUT2D eigenvalue weighted by Crippen LogP contribution is -2.42. The van der Waals surface area contributed by atoms with Crippen LogP contribution in [0.2, 0.25) is 0 Å². The number of nitrogens with one attached hydrogen (secondary N) is 1. The van der Waals surface area contributed by atoms with Crippen LogP contribution in [-0.4, -0.2) is 27.4 Å². The summed E-state index contributed by atoms with van der Waals surface area (Å²) in [4.78, 5) is 13.3.